The molecule has 1 heterocycles. The van der Waals surface area contributed by atoms with Crippen LogP contribution in [0, 0.1) is 5.82 Å². The van der Waals surface area contributed by atoms with Crippen LogP contribution in [0.25, 0.3) is 5.69 Å². The molecule has 9 heteroatoms. The van der Waals surface area contributed by atoms with Crippen molar-refractivity contribution in [2.24, 2.45) is 0 Å². The molecule has 3 N–H and O–H groups in total. The Morgan fingerprint density at radius 2 is 1.86 bits per heavy atom. The van der Waals surface area contributed by atoms with Gasteiger partial charge in [-0.25, -0.2) is 9.07 Å². The monoisotopic (exact) mass is 403 g/mol. The number of nitrogens with zero attached hydrogens (tertiary/aromatic N) is 1. The number of amides is 1. The summed E-state index contributed by atoms with van der Waals surface area (Å²) in [6, 6.07) is 12.1. The summed E-state index contributed by atoms with van der Waals surface area (Å²) in [7, 11) is 0. The zero-order valence-corrected chi connectivity index (χ0v) is 15.1. The number of benzene rings is 2. The first-order valence-corrected chi connectivity index (χ1v) is 8.58. The number of carboxylic acid groups (broad SMARTS) is 1. The summed E-state index contributed by atoms with van der Waals surface area (Å²) in [6.45, 7) is 0. The van der Waals surface area contributed by atoms with Gasteiger partial charge in [-0.3, -0.25) is 19.5 Å². The lowest BCUT2D eigenvalue weighted by atomic mass is 10.0. The number of aromatic nitrogens is 2. The van der Waals surface area contributed by atoms with Crippen molar-refractivity contribution in [3.05, 3.63) is 87.0 Å². The summed E-state index contributed by atoms with van der Waals surface area (Å²) >= 11 is 5.84. The molecule has 0 spiro atoms. The predicted octanol–water partition coefficient (Wildman–Crippen LogP) is 2.90. The van der Waals surface area contributed by atoms with Gasteiger partial charge in [-0.15, -0.1) is 0 Å². The molecule has 1 amide bonds. The van der Waals surface area contributed by atoms with Crippen molar-refractivity contribution >= 4 is 23.5 Å². The molecule has 28 heavy (non-hydrogen) atoms. The van der Waals surface area contributed by atoms with Crippen LogP contribution in [-0.2, 0) is 4.79 Å². The molecule has 2 aromatic carbocycles. The molecule has 7 nitrogen and oxygen atoms in total. The average molecular weight is 404 g/mol. The lowest BCUT2D eigenvalue weighted by molar-refractivity contribution is -0.137. The van der Waals surface area contributed by atoms with Gasteiger partial charge in [0.2, 0.25) is 0 Å². The van der Waals surface area contributed by atoms with Gasteiger partial charge < -0.3 is 10.4 Å². The average Bonchev–Trinajstić information content (AvgIpc) is 3.03. The van der Waals surface area contributed by atoms with E-state index in [4.69, 9.17) is 16.7 Å². The standard InChI is InChI=1S/C19H15ClFN3O4/c20-12-7-5-11(6-8-12)14(10-18(26)27)22-19(28)15-9-17(25)24(23-15)16-4-2-1-3-13(16)21/h1-9,14,23H,10H2,(H,22,28)(H,26,27)/t14-/m0/s1. The third-order valence-corrected chi connectivity index (χ3v) is 4.27. The highest BCUT2D eigenvalue weighted by Gasteiger charge is 2.21. The Bertz CT molecular complexity index is 1080. The van der Waals surface area contributed by atoms with Gasteiger partial charge in [0, 0.05) is 11.1 Å². The van der Waals surface area contributed by atoms with E-state index in [0.29, 0.717) is 10.6 Å². The summed E-state index contributed by atoms with van der Waals surface area (Å²) in [5.74, 6) is -2.45. The van der Waals surface area contributed by atoms with E-state index in [-0.39, 0.29) is 17.8 Å². The van der Waals surface area contributed by atoms with Gasteiger partial charge in [0.1, 0.15) is 17.2 Å². The number of para-hydroxylation sites is 1. The zero-order chi connectivity index (χ0) is 20.3. The Balaban J connectivity index is 1.87. The largest absolute Gasteiger partial charge is 0.481 e. The van der Waals surface area contributed by atoms with E-state index >= 15 is 0 Å². The number of carbonyl (C=O) groups is 2. The number of hydrogen-bond donors (Lipinski definition) is 3. The normalized spacial score (nSPS) is 11.8. The van der Waals surface area contributed by atoms with Crippen molar-refractivity contribution in [2.45, 2.75) is 12.5 Å². The molecule has 3 aromatic rings. The van der Waals surface area contributed by atoms with Crippen molar-refractivity contribution in [3.8, 4) is 5.69 Å². The molecule has 0 bridgehead atoms. The molecular formula is C19H15ClFN3O4. The lowest BCUT2D eigenvalue weighted by Crippen LogP contribution is -2.30. The number of aliphatic carboxylic acids is 1. The number of carboxylic acids is 1. The van der Waals surface area contributed by atoms with Crippen LogP contribution in [0.2, 0.25) is 5.02 Å². The topological polar surface area (TPSA) is 104 Å². The van der Waals surface area contributed by atoms with Crippen molar-refractivity contribution in [1.82, 2.24) is 15.1 Å². The third-order valence-electron chi connectivity index (χ3n) is 4.01. The van der Waals surface area contributed by atoms with Gasteiger partial charge in [-0.2, -0.15) is 0 Å². The van der Waals surface area contributed by atoms with Crippen LogP contribution in [0.15, 0.2) is 59.4 Å². The molecule has 0 aliphatic heterocycles. The van der Waals surface area contributed by atoms with E-state index in [0.717, 1.165) is 10.7 Å². The molecule has 0 fully saturated rings. The van der Waals surface area contributed by atoms with Crippen LogP contribution < -0.4 is 10.9 Å². The van der Waals surface area contributed by atoms with Crippen LogP contribution in [0.1, 0.15) is 28.5 Å². The van der Waals surface area contributed by atoms with Crippen LogP contribution in [-0.4, -0.2) is 26.8 Å². The molecule has 0 aliphatic rings. The number of aromatic amines is 1. The minimum atomic E-state index is -1.11. The first-order valence-electron chi connectivity index (χ1n) is 8.20. The van der Waals surface area contributed by atoms with Gasteiger partial charge in [0.15, 0.2) is 0 Å². The SMILES string of the molecule is O=C(O)C[C@H](NC(=O)c1cc(=O)n(-c2ccccc2F)[nH]1)c1ccc(Cl)cc1. The van der Waals surface area contributed by atoms with Gasteiger partial charge in [0.25, 0.3) is 11.5 Å². The highest BCUT2D eigenvalue weighted by atomic mass is 35.5. The van der Waals surface area contributed by atoms with Crippen LogP contribution >= 0.6 is 11.6 Å². The van der Waals surface area contributed by atoms with Crippen molar-refractivity contribution in [2.75, 3.05) is 0 Å². The van der Waals surface area contributed by atoms with Gasteiger partial charge in [-0.1, -0.05) is 35.9 Å². The van der Waals surface area contributed by atoms with Gasteiger partial charge in [0.05, 0.1) is 12.5 Å². The number of rotatable bonds is 6. The predicted molar refractivity (Wildman–Crippen MR) is 100 cm³/mol. The minimum absolute atomic E-state index is 0.0358. The fourth-order valence-corrected chi connectivity index (χ4v) is 2.81. The molecule has 1 atom stereocenters. The molecule has 144 valence electrons. The lowest BCUT2D eigenvalue weighted by Gasteiger charge is -2.17. The minimum Gasteiger partial charge on any atom is -0.481 e. The first-order chi connectivity index (χ1) is 13.3. The van der Waals surface area contributed by atoms with E-state index in [1.807, 2.05) is 0 Å². The van der Waals surface area contributed by atoms with Crippen LogP contribution in [0.4, 0.5) is 4.39 Å². The highest BCUT2D eigenvalue weighted by molar-refractivity contribution is 6.30. The van der Waals surface area contributed by atoms with Crippen molar-refractivity contribution in [3.63, 3.8) is 0 Å². The number of H-pyrrole nitrogens is 1. The Kier molecular flexibility index (Phi) is 5.60. The van der Waals surface area contributed by atoms with E-state index in [1.165, 1.54) is 18.2 Å². The molecule has 0 radical (unpaired) electrons. The van der Waals surface area contributed by atoms with Crippen LogP contribution in [0.5, 0.6) is 0 Å². The number of hydrogen-bond acceptors (Lipinski definition) is 3. The Hall–Kier alpha value is -3.39. The maximum Gasteiger partial charge on any atom is 0.305 e. The zero-order valence-electron chi connectivity index (χ0n) is 14.4. The number of carbonyl (C=O) groups excluding carboxylic acids is 1. The van der Waals surface area contributed by atoms with Gasteiger partial charge in [-0.05, 0) is 29.8 Å². The molecule has 0 saturated carbocycles. The Labute approximate surface area is 163 Å². The van der Waals surface area contributed by atoms with Crippen molar-refractivity contribution in [1.29, 1.82) is 0 Å². The Morgan fingerprint density at radius 3 is 2.50 bits per heavy atom. The van der Waals surface area contributed by atoms with E-state index in [2.05, 4.69) is 10.4 Å². The summed E-state index contributed by atoms with van der Waals surface area (Å²) in [6.07, 6.45) is -0.369. The molecule has 0 saturated heterocycles. The van der Waals surface area contributed by atoms with E-state index < -0.39 is 29.3 Å². The second-order valence-electron chi connectivity index (χ2n) is 5.97. The highest BCUT2D eigenvalue weighted by Crippen LogP contribution is 2.20. The Morgan fingerprint density at radius 1 is 1.18 bits per heavy atom. The summed E-state index contributed by atoms with van der Waals surface area (Å²) in [5.41, 5.74) is -0.253. The molecule has 3 rings (SSSR count). The van der Waals surface area contributed by atoms with E-state index in [9.17, 15) is 18.8 Å². The van der Waals surface area contributed by atoms with Crippen molar-refractivity contribution < 1.29 is 19.1 Å². The molecular weight excluding hydrogens is 389 g/mol. The molecule has 1 aromatic heterocycles. The number of halogens is 2. The second-order valence-corrected chi connectivity index (χ2v) is 6.41. The third kappa shape index (κ3) is 4.29. The fourth-order valence-electron chi connectivity index (χ4n) is 2.68. The second kappa shape index (κ2) is 8.10. The van der Waals surface area contributed by atoms with Crippen LogP contribution in [0.3, 0.4) is 0 Å². The van der Waals surface area contributed by atoms with E-state index in [1.54, 1.807) is 30.3 Å². The fraction of sp³-hybridized carbons (Fsp3) is 0.105. The quantitative estimate of drug-likeness (QED) is 0.588. The summed E-state index contributed by atoms with van der Waals surface area (Å²) < 4.78 is 14.8. The number of nitrogens with one attached hydrogen (secondary N) is 2. The maximum absolute atomic E-state index is 13.9. The molecule has 0 unspecified atom stereocenters. The molecule has 0 aliphatic carbocycles. The first kappa shape index (κ1) is 19.4. The van der Waals surface area contributed by atoms with Gasteiger partial charge >= 0.3 is 5.97 Å². The summed E-state index contributed by atoms with van der Waals surface area (Å²) in [4.78, 5) is 35.9. The summed E-state index contributed by atoms with van der Waals surface area (Å²) in [5, 5.41) is 14.7. The maximum atomic E-state index is 13.9. The smallest absolute Gasteiger partial charge is 0.305 e.